The van der Waals surface area contributed by atoms with Gasteiger partial charge in [-0.25, -0.2) is 9.78 Å². The van der Waals surface area contributed by atoms with Crippen molar-refractivity contribution < 1.29 is 9.90 Å². The quantitative estimate of drug-likeness (QED) is 0.794. The normalized spacial score (nSPS) is 21.2. The Bertz CT molecular complexity index is 641. The van der Waals surface area contributed by atoms with Gasteiger partial charge in [-0.15, -0.1) is 0 Å². The molecule has 0 saturated carbocycles. The number of amides is 2. The maximum atomic E-state index is 12.1. The van der Waals surface area contributed by atoms with Crippen molar-refractivity contribution >= 4 is 6.03 Å². The second-order valence-electron chi connectivity index (χ2n) is 5.73. The Morgan fingerprint density at radius 3 is 3.09 bits per heavy atom. The number of carbonyl (C=O) groups excluding carboxylic acids is 1. The summed E-state index contributed by atoms with van der Waals surface area (Å²) < 4.78 is 1.91. The number of rotatable bonds is 4. The van der Waals surface area contributed by atoms with Crippen molar-refractivity contribution in [2.24, 2.45) is 0 Å². The molecule has 1 aromatic carbocycles. The molecule has 116 valence electrons. The van der Waals surface area contributed by atoms with Crippen LogP contribution in [0.15, 0.2) is 43.0 Å². The second kappa shape index (κ2) is 6.19. The van der Waals surface area contributed by atoms with E-state index in [9.17, 15) is 9.90 Å². The van der Waals surface area contributed by atoms with Gasteiger partial charge in [0, 0.05) is 31.4 Å². The molecule has 6 heteroatoms. The highest BCUT2D eigenvalue weighted by Gasteiger charge is 2.31. The predicted molar refractivity (Wildman–Crippen MR) is 82.3 cm³/mol. The van der Waals surface area contributed by atoms with Gasteiger partial charge in [-0.3, -0.25) is 0 Å². The molecule has 6 nitrogen and oxygen atoms in total. The Hall–Kier alpha value is -2.34. The van der Waals surface area contributed by atoms with Crippen LogP contribution < -0.4 is 10.6 Å². The molecule has 3 rings (SSSR count). The fraction of sp³-hybridized carbons (Fsp3) is 0.375. The molecule has 1 heterocycles. The summed E-state index contributed by atoms with van der Waals surface area (Å²) in [5.74, 6) is 0. The van der Waals surface area contributed by atoms with Gasteiger partial charge in [0.2, 0.25) is 0 Å². The van der Waals surface area contributed by atoms with E-state index in [-0.39, 0.29) is 18.1 Å². The molecule has 0 radical (unpaired) electrons. The van der Waals surface area contributed by atoms with Crippen LogP contribution in [0.4, 0.5) is 4.79 Å². The fourth-order valence-electron chi connectivity index (χ4n) is 2.91. The molecular formula is C16H20N4O2. The molecule has 2 amide bonds. The fourth-order valence-corrected chi connectivity index (χ4v) is 2.91. The number of aliphatic hydroxyl groups is 1. The van der Waals surface area contributed by atoms with Gasteiger partial charge in [0.1, 0.15) is 0 Å². The van der Waals surface area contributed by atoms with Crippen molar-refractivity contribution in [2.45, 2.75) is 38.1 Å². The molecule has 1 aliphatic carbocycles. The molecule has 1 unspecified atom stereocenters. The largest absolute Gasteiger partial charge is 0.390 e. The molecule has 0 spiro atoms. The first-order valence-corrected chi connectivity index (χ1v) is 7.42. The minimum atomic E-state index is -0.577. The summed E-state index contributed by atoms with van der Waals surface area (Å²) in [4.78, 5) is 16.1. The van der Waals surface area contributed by atoms with Crippen LogP contribution in [0.5, 0.6) is 0 Å². The van der Waals surface area contributed by atoms with E-state index in [4.69, 9.17) is 0 Å². The van der Waals surface area contributed by atoms with E-state index in [1.807, 2.05) is 42.0 Å². The highest BCUT2D eigenvalue weighted by molar-refractivity contribution is 5.75. The number of imidazole rings is 1. The standard InChI is InChI=1S/C16H20N4O2/c1-11(9-20-7-6-17-10-20)18-16(22)19-15-13-5-3-2-4-12(13)8-14(15)21/h2-7,10-11,14-15,21H,8-9H2,1H3,(H2,18,19,22)/t11?,14-,15+/m1/s1. The number of nitrogens with one attached hydrogen (secondary N) is 2. The van der Waals surface area contributed by atoms with E-state index in [1.165, 1.54) is 0 Å². The molecule has 0 saturated heterocycles. The van der Waals surface area contributed by atoms with Crippen molar-refractivity contribution in [3.63, 3.8) is 0 Å². The summed E-state index contributed by atoms with van der Waals surface area (Å²) >= 11 is 0. The van der Waals surface area contributed by atoms with Crippen molar-refractivity contribution in [3.05, 3.63) is 54.1 Å². The number of carbonyl (C=O) groups is 1. The summed E-state index contributed by atoms with van der Waals surface area (Å²) in [6.45, 7) is 2.58. The Kier molecular flexibility index (Phi) is 4.11. The molecule has 1 aromatic heterocycles. The Morgan fingerprint density at radius 1 is 1.50 bits per heavy atom. The molecule has 2 aromatic rings. The Labute approximate surface area is 129 Å². The van der Waals surface area contributed by atoms with Gasteiger partial charge in [-0.2, -0.15) is 0 Å². The number of hydrogen-bond donors (Lipinski definition) is 3. The maximum absolute atomic E-state index is 12.1. The van der Waals surface area contributed by atoms with Crippen LogP contribution in [0.3, 0.4) is 0 Å². The molecule has 22 heavy (non-hydrogen) atoms. The molecular weight excluding hydrogens is 280 g/mol. The van der Waals surface area contributed by atoms with Crippen molar-refractivity contribution in [1.82, 2.24) is 20.2 Å². The van der Waals surface area contributed by atoms with E-state index in [1.54, 1.807) is 12.5 Å². The van der Waals surface area contributed by atoms with Crippen molar-refractivity contribution in [2.75, 3.05) is 0 Å². The summed E-state index contributed by atoms with van der Waals surface area (Å²) in [5.41, 5.74) is 2.08. The van der Waals surface area contributed by atoms with Gasteiger partial charge in [0.25, 0.3) is 0 Å². The first-order chi connectivity index (χ1) is 10.6. The van der Waals surface area contributed by atoms with Crippen LogP contribution in [0.25, 0.3) is 0 Å². The number of benzene rings is 1. The molecule has 0 bridgehead atoms. The zero-order valence-corrected chi connectivity index (χ0v) is 12.4. The van der Waals surface area contributed by atoms with Crippen LogP contribution in [0.1, 0.15) is 24.1 Å². The van der Waals surface area contributed by atoms with Crippen molar-refractivity contribution in [1.29, 1.82) is 0 Å². The second-order valence-corrected chi connectivity index (χ2v) is 5.73. The molecule has 1 aliphatic rings. The summed E-state index contributed by atoms with van der Waals surface area (Å²) in [7, 11) is 0. The minimum Gasteiger partial charge on any atom is -0.390 e. The third kappa shape index (κ3) is 3.12. The van der Waals surface area contributed by atoms with E-state index < -0.39 is 6.10 Å². The van der Waals surface area contributed by atoms with Gasteiger partial charge < -0.3 is 20.3 Å². The Morgan fingerprint density at radius 2 is 2.32 bits per heavy atom. The van der Waals surface area contributed by atoms with Crippen LogP contribution in [0, 0.1) is 0 Å². The number of nitrogens with zero attached hydrogens (tertiary/aromatic N) is 2. The predicted octanol–water partition coefficient (Wildman–Crippen LogP) is 1.23. The van der Waals surface area contributed by atoms with Gasteiger partial charge in [-0.05, 0) is 18.1 Å². The van der Waals surface area contributed by atoms with E-state index in [2.05, 4.69) is 15.6 Å². The van der Waals surface area contributed by atoms with Crippen LogP contribution in [0.2, 0.25) is 0 Å². The lowest BCUT2D eigenvalue weighted by Gasteiger charge is -2.21. The molecule has 0 aliphatic heterocycles. The zero-order chi connectivity index (χ0) is 15.5. The topological polar surface area (TPSA) is 79.2 Å². The lowest BCUT2D eigenvalue weighted by Crippen LogP contribution is -2.45. The van der Waals surface area contributed by atoms with Crippen LogP contribution >= 0.6 is 0 Å². The SMILES string of the molecule is CC(Cn1ccnc1)NC(=O)N[C@H]1c2ccccc2C[C@H]1O. The van der Waals surface area contributed by atoms with E-state index in [0.717, 1.165) is 11.1 Å². The first kappa shape index (κ1) is 14.6. The van der Waals surface area contributed by atoms with Crippen molar-refractivity contribution in [3.8, 4) is 0 Å². The highest BCUT2D eigenvalue weighted by atomic mass is 16.3. The third-order valence-electron chi connectivity index (χ3n) is 3.91. The first-order valence-electron chi connectivity index (χ1n) is 7.42. The maximum Gasteiger partial charge on any atom is 0.315 e. The van der Waals surface area contributed by atoms with Gasteiger partial charge in [-0.1, -0.05) is 24.3 Å². The highest BCUT2D eigenvalue weighted by Crippen LogP contribution is 2.30. The Balaban J connectivity index is 1.58. The average Bonchev–Trinajstić information content (AvgIpc) is 3.08. The van der Waals surface area contributed by atoms with E-state index in [0.29, 0.717) is 13.0 Å². The summed E-state index contributed by atoms with van der Waals surface area (Å²) in [5, 5.41) is 15.9. The number of aromatic nitrogens is 2. The molecule has 3 atom stereocenters. The van der Waals surface area contributed by atoms with Gasteiger partial charge >= 0.3 is 6.03 Å². The smallest absolute Gasteiger partial charge is 0.315 e. The average molecular weight is 300 g/mol. The summed E-state index contributed by atoms with van der Waals surface area (Å²) in [6.07, 6.45) is 5.27. The monoisotopic (exact) mass is 300 g/mol. The lowest BCUT2D eigenvalue weighted by atomic mass is 10.1. The number of hydrogen-bond acceptors (Lipinski definition) is 3. The minimum absolute atomic E-state index is 0.0389. The van der Waals surface area contributed by atoms with Gasteiger partial charge in [0.15, 0.2) is 0 Å². The number of fused-ring (bicyclic) bond motifs is 1. The number of aliphatic hydroxyl groups excluding tert-OH is 1. The molecule has 3 N–H and O–H groups in total. The lowest BCUT2D eigenvalue weighted by molar-refractivity contribution is 0.142. The van der Waals surface area contributed by atoms with Crippen LogP contribution in [-0.4, -0.2) is 32.8 Å². The number of urea groups is 1. The zero-order valence-electron chi connectivity index (χ0n) is 12.4. The van der Waals surface area contributed by atoms with Crippen LogP contribution in [-0.2, 0) is 13.0 Å². The third-order valence-corrected chi connectivity index (χ3v) is 3.91. The molecule has 0 fully saturated rings. The van der Waals surface area contributed by atoms with E-state index >= 15 is 0 Å². The van der Waals surface area contributed by atoms with Gasteiger partial charge in [0.05, 0.1) is 18.5 Å². The summed E-state index contributed by atoms with van der Waals surface area (Å²) in [6, 6.07) is 7.14.